The lowest BCUT2D eigenvalue weighted by Gasteiger charge is -2.16. The molecule has 2 amide bonds. The van der Waals surface area contributed by atoms with Crippen molar-refractivity contribution in [1.29, 1.82) is 0 Å². The molecule has 1 atom stereocenters. The van der Waals surface area contributed by atoms with Gasteiger partial charge in [-0.3, -0.25) is 14.7 Å². The van der Waals surface area contributed by atoms with E-state index in [0.717, 1.165) is 17.0 Å². The first kappa shape index (κ1) is 18.0. The Hall–Kier alpha value is -2.83. The van der Waals surface area contributed by atoms with Crippen LogP contribution in [0.15, 0.2) is 30.3 Å². The number of hydrogen-bond donors (Lipinski definition) is 2. The number of nitrogens with zero attached hydrogens (tertiary/aromatic N) is 2. The van der Waals surface area contributed by atoms with E-state index in [1.807, 2.05) is 44.2 Å². The lowest BCUT2D eigenvalue weighted by Crippen LogP contribution is -2.28. The number of anilines is 1. The van der Waals surface area contributed by atoms with Crippen molar-refractivity contribution in [2.45, 2.75) is 32.7 Å². The monoisotopic (exact) mass is 356 g/mol. The summed E-state index contributed by atoms with van der Waals surface area (Å²) in [6.45, 7) is 5.00. The molecule has 1 aromatic heterocycles. The van der Waals surface area contributed by atoms with E-state index in [1.54, 1.807) is 12.0 Å². The first-order valence-corrected chi connectivity index (χ1v) is 8.73. The largest absolute Gasteiger partial charge is 0.497 e. The summed E-state index contributed by atoms with van der Waals surface area (Å²) in [5, 5.41) is 9.81. The van der Waals surface area contributed by atoms with Gasteiger partial charge in [0.05, 0.1) is 13.0 Å². The van der Waals surface area contributed by atoms with Gasteiger partial charge >= 0.3 is 0 Å². The van der Waals surface area contributed by atoms with Crippen LogP contribution in [0, 0.1) is 5.92 Å². The Morgan fingerprint density at radius 1 is 1.38 bits per heavy atom. The van der Waals surface area contributed by atoms with Crippen molar-refractivity contribution < 1.29 is 14.3 Å². The predicted molar refractivity (Wildman–Crippen MR) is 97.8 cm³/mol. The number of aromatic nitrogens is 2. The van der Waals surface area contributed by atoms with Gasteiger partial charge in [0.2, 0.25) is 11.8 Å². The van der Waals surface area contributed by atoms with Crippen LogP contribution in [0.25, 0.3) is 0 Å². The smallest absolute Gasteiger partial charge is 0.230 e. The topological polar surface area (TPSA) is 87.3 Å². The quantitative estimate of drug-likeness (QED) is 0.833. The molecule has 26 heavy (non-hydrogen) atoms. The second-order valence-electron chi connectivity index (χ2n) is 6.88. The number of methoxy groups -OCH3 is 1. The maximum absolute atomic E-state index is 12.5. The summed E-state index contributed by atoms with van der Waals surface area (Å²) in [6, 6.07) is 9.41. The van der Waals surface area contributed by atoms with E-state index in [1.165, 1.54) is 0 Å². The van der Waals surface area contributed by atoms with Gasteiger partial charge in [-0.05, 0) is 23.6 Å². The minimum Gasteiger partial charge on any atom is -0.497 e. The third kappa shape index (κ3) is 4.04. The Morgan fingerprint density at radius 2 is 2.12 bits per heavy atom. The van der Waals surface area contributed by atoms with Crippen molar-refractivity contribution >= 4 is 17.6 Å². The second kappa shape index (κ2) is 7.59. The molecule has 138 valence electrons. The molecule has 0 aliphatic carbocycles. The fraction of sp³-hybridized carbons (Fsp3) is 0.421. The zero-order valence-corrected chi connectivity index (χ0v) is 15.3. The fourth-order valence-corrected chi connectivity index (χ4v) is 2.98. The number of rotatable bonds is 6. The van der Waals surface area contributed by atoms with Gasteiger partial charge in [-0.1, -0.05) is 26.0 Å². The lowest BCUT2D eigenvalue weighted by atomic mass is 10.1. The van der Waals surface area contributed by atoms with Crippen LogP contribution >= 0.6 is 0 Å². The van der Waals surface area contributed by atoms with Gasteiger partial charge in [0.25, 0.3) is 0 Å². The van der Waals surface area contributed by atoms with Gasteiger partial charge in [-0.2, -0.15) is 5.10 Å². The molecule has 7 heteroatoms. The number of nitrogens with one attached hydrogen (secondary N) is 2. The number of ether oxygens (including phenoxy) is 1. The van der Waals surface area contributed by atoms with Crippen LogP contribution in [0.1, 0.15) is 37.4 Å². The molecule has 1 unspecified atom stereocenters. The number of hydrogen-bond acceptors (Lipinski definition) is 4. The maximum Gasteiger partial charge on any atom is 0.230 e. The molecule has 0 saturated carbocycles. The van der Waals surface area contributed by atoms with Crippen LogP contribution in [0.5, 0.6) is 5.75 Å². The number of carbonyl (C=O) groups excluding carboxylic acids is 2. The van der Waals surface area contributed by atoms with Gasteiger partial charge < -0.3 is 15.0 Å². The van der Waals surface area contributed by atoms with Crippen LogP contribution in [-0.4, -0.2) is 40.6 Å². The molecule has 1 saturated heterocycles. The summed E-state index contributed by atoms with van der Waals surface area (Å²) in [7, 11) is 1.62. The Morgan fingerprint density at radius 3 is 2.73 bits per heavy atom. The fourth-order valence-electron chi connectivity index (χ4n) is 2.98. The molecule has 0 bridgehead atoms. The normalized spacial score (nSPS) is 17.0. The highest BCUT2D eigenvalue weighted by Gasteiger charge is 2.34. The average molecular weight is 356 g/mol. The van der Waals surface area contributed by atoms with E-state index < -0.39 is 0 Å². The predicted octanol–water partition coefficient (Wildman–Crippen LogP) is 2.53. The van der Waals surface area contributed by atoms with E-state index in [4.69, 9.17) is 4.74 Å². The number of aromatic amines is 1. The molecule has 7 nitrogen and oxygen atoms in total. The van der Waals surface area contributed by atoms with Crippen LogP contribution in [0.4, 0.5) is 5.82 Å². The summed E-state index contributed by atoms with van der Waals surface area (Å²) >= 11 is 0. The number of benzene rings is 1. The van der Waals surface area contributed by atoms with E-state index in [2.05, 4.69) is 15.5 Å². The van der Waals surface area contributed by atoms with Crippen LogP contribution in [-0.2, 0) is 16.1 Å². The molecule has 1 aromatic carbocycles. The number of likely N-dealkylation sites (tertiary alicyclic amines) is 1. The Balaban J connectivity index is 1.58. The minimum absolute atomic E-state index is 0.00846. The summed E-state index contributed by atoms with van der Waals surface area (Å²) in [5.74, 6) is 1.04. The summed E-state index contributed by atoms with van der Waals surface area (Å²) in [6.07, 6.45) is 0.226. The van der Waals surface area contributed by atoms with Crippen molar-refractivity contribution in [1.82, 2.24) is 15.1 Å². The van der Waals surface area contributed by atoms with Crippen molar-refractivity contribution in [3.05, 3.63) is 41.6 Å². The summed E-state index contributed by atoms with van der Waals surface area (Å²) in [4.78, 5) is 26.4. The van der Waals surface area contributed by atoms with Crippen molar-refractivity contribution in [2.24, 2.45) is 5.92 Å². The van der Waals surface area contributed by atoms with Gasteiger partial charge in [-0.15, -0.1) is 0 Å². The van der Waals surface area contributed by atoms with E-state index >= 15 is 0 Å². The molecule has 0 spiro atoms. The molecule has 3 rings (SSSR count). The van der Waals surface area contributed by atoms with Gasteiger partial charge in [-0.25, -0.2) is 0 Å². The molecule has 2 aromatic rings. The zero-order chi connectivity index (χ0) is 18.7. The Kier molecular flexibility index (Phi) is 5.25. The van der Waals surface area contributed by atoms with Gasteiger partial charge in [0.1, 0.15) is 5.75 Å². The van der Waals surface area contributed by atoms with Crippen LogP contribution in [0.2, 0.25) is 0 Å². The third-order valence-corrected chi connectivity index (χ3v) is 4.59. The first-order chi connectivity index (χ1) is 12.5. The molecular formula is C19H24N4O3. The molecule has 1 aliphatic heterocycles. The van der Waals surface area contributed by atoms with Crippen molar-refractivity contribution in [2.75, 3.05) is 19.0 Å². The van der Waals surface area contributed by atoms with Gasteiger partial charge in [0.15, 0.2) is 5.82 Å². The highest BCUT2D eigenvalue weighted by molar-refractivity contribution is 5.96. The number of amides is 2. The molecule has 1 aliphatic rings. The lowest BCUT2D eigenvalue weighted by molar-refractivity contribution is -0.128. The molecule has 0 radical (unpaired) electrons. The summed E-state index contributed by atoms with van der Waals surface area (Å²) in [5.41, 5.74) is 1.97. The van der Waals surface area contributed by atoms with E-state index in [-0.39, 0.29) is 24.2 Å². The highest BCUT2D eigenvalue weighted by atomic mass is 16.5. The van der Waals surface area contributed by atoms with Crippen LogP contribution in [0.3, 0.4) is 0 Å². The first-order valence-electron chi connectivity index (χ1n) is 8.73. The number of carbonyl (C=O) groups is 2. The SMILES string of the molecule is COc1ccc(CN2CC(C(=O)Nc3cc(C(C)C)[nH]n3)CC2=O)cc1. The maximum atomic E-state index is 12.5. The van der Waals surface area contributed by atoms with E-state index in [9.17, 15) is 9.59 Å². The zero-order valence-electron chi connectivity index (χ0n) is 15.3. The van der Waals surface area contributed by atoms with E-state index in [0.29, 0.717) is 24.8 Å². The summed E-state index contributed by atoms with van der Waals surface area (Å²) < 4.78 is 5.14. The minimum atomic E-state index is -0.361. The standard InChI is InChI=1S/C19H24N4O3/c1-12(2)16-9-17(22-21-16)20-19(25)14-8-18(24)23(11-14)10-13-4-6-15(26-3)7-5-13/h4-7,9,12,14H,8,10-11H2,1-3H3,(H2,20,21,22,25). The van der Waals surface area contributed by atoms with Gasteiger partial charge in [0, 0.05) is 31.3 Å². The van der Waals surface area contributed by atoms with Crippen LogP contribution < -0.4 is 10.1 Å². The molecule has 2 N–H and O–H groups in total. The Labute approximate surface area is 152 Å². The third-order valence-electron chi connectivity index (χ3n) is 4.59. The molecular weight excluding hydrogens is 332 g/mol. The second-order valence-corrected chi connectivity index (χ2v) is 6.88. The molecule has 1 fully saturated rings. The van der Waals surface area contributed by atoms with Crippen molar-refractivity contribution in [3.63, 3.8) is 0 Å². The average Bonchev–Trinajstić information content (AvgIpc) is 3.23. The highest BCUT2D eigenvalue weighted by Crippen LogP contribution is 2.23. The molecule has 2 heterocycles. The van der Waals surface area contributed by atoms with Crippen molar-refractivity contribution in [3.8, 4) is 5.75 Å². The Bertz CT molecular complexity index is 782. The number of H-pyrrole nitrogens is 1.